The van der Waals surface area contributed by atoms with Crippen molar-refractivity contribution in [3.8, 4) is 5.75 Å². The molecule has 0 spiro atoms. The molecule has 3 heteroatoms. The molecule has 4 N–H and O–H groups in total. The Morgan fingerprint density at radius 1 is 1.11 bits per heavy atom. The standard InChI is InChI=1S/C16H21NO2/c1-3-10(2)16(19)15(17)13-5-4-12-9-14(18)7-6-11(12)8-13/h4-10,15-16,18-19H,3,17H2,1-2H3/t10?,15-,16+/m1/s1. The summed E-state index contributed by atoms with van der Waals surface area (Å²) in [6.45, 7) is 4.05. The average Bonchev–Trinajstić information content (AvgIpc) is 2.44. The van der Waals surface area contributed by atoms with Crippen molar-refractivity contribution in [1.82, 2.24) is 0 Å². The largest absolute Gasteiger partial charge is 0.508 e. The Hall–Kier alpha value is -1.58. The van der Waals surface area contributed by atoms with Crippen molar-refractivity contribution in [2.45, 2.75) is 32.4 Å². The van der Waals surface area contributed by atoms with Crippen LogP contribution in [0.2, 0.25) is 0 Å². The maximum absolute atomic E-state index is 10.2. The number of aliphatic hydroxyl groups is 1. The molecule has 0 fully saturated rings. The first kappa shape index (κ1) is 13.8. The van der Waals surface area contributed by atoms with Gasteiger partial charge in [-0.2, -0.15) is 0 Å². The van der Waals surface area contributed by atoms with E-state index in [-0.39, 0.29) is 17.7 Å². The van der Waals surface area contributed by atoms with E-state index in [1.54, 1.807) is 12.1 Å². The van der Waals surface area contributed by atoms with Crippen LogP contribution in [0.5, 0.6) is 5.75 Å². The lowest BCUT2D eigenvalue weighted by atomic mass is 9.90. The molecule has 0 aliphatic rings. The number of aliphatic hydroxyl groups excluding tert-OH is 1. The van der Waals surface area contributed by atoms with E-state index in [0.717, 1.165) is 22.8 Å². The highest BCUT2D eigenvalue weighted by molar-refractivity contribution is 5.84. The summed E-state index contributed by atoms with van der Waals surface area (Å²) >= 11 is 0. The van der Waals surface area contributed by atoms with Crippen molar-refractivity contribution in [1.29, 1.82) is 0 Å². The molecule has 2 aromatic rings. The summed E-state index contributed by atoms with van der Waals surface area (Å²) in [6.07, 6.45) is 0.357. The molecule has 0 radical (unpaired) electrons. The SMILES string of the molecule is CCC(C)[C@H](O)[C@H](N)c1ccc2cc(O)ccc2c1. The van der Waals surface area contributed by atoms with E-state index in [2.05, 4.69) is 0 Å². The number of fused-ring (bicyclic) bond motifs is 1. The molecule has 3 atom stereocenters. The molecule has 0 saturated carbocycles. The molecule has 2 rings (SSSR count). The normalized spacial score (nSPS) is 16.2. The topological polar surface area (TPSA) is 66.5 Å². The first-order valence-corrected chi connectivity index (χ1v) is 6.69. The van der Waals surface area contributed by atoms with Gasteiger partial charge in [-0.3, -0.25) is 0 Å². The second-order valence-electron chi connectivity index (χ2n) is 5.19. The summed E-state index contributed by atoms with van der Waals surface area (Å²) in [5, 5.41) is 21.6. The van der Waals surface area contributed by atoms with Crippen LogP contribution in [0.4, 0.5) is 0 Å². The van der Waals surface area contributed by atoms with Crippen molar-refractivity contribution in [3.05, 3.63) is 42.0 Å². The molecule has 0 saturated heterocycles. The van der Waals surface area contributed by atoms with Gasteiger partial charge in [-0.05, 0) is 40.5 Å². The van der Waals surface area contributed by atoms with Crippen LogP contribution in [0.15, 0.2) is 36.4 Å². The highest BCUT2D eigenvalue weighted by atomic mass is 16.3. The fourth-order valence-electron chi connectivity index (χ4n) is 2.25. The van der Waals surface area contributed by atoms with Crippen LogP contribution < -0.4 is 5.73 Å². The van der Waals surface area contributed by atoms with Crippen molar-refractivity contribution in [2.24, 2.45) is 11.7 Å². The second kappa shape index (κ2) is 5.59. The molecule has 3 nitrogen and oxygen atoms in total. The van der Waals surface area contributed by atoms with Gasteiger partial charge in [0, 0.05) is 0 Å². The number of hydrogen-bond donors (Lipinski definition) is 3. The Morgan fingerprint density at radius 3 is 2.42 bits per heavy atom. The Labute approximate surface area is 113 Å². The number of phenols is 1. The van der Waals surface area contributed by atoms with Gasteiger partial charge >= 0.3 is 0 Å². The van der Waals surface area contributed by atoms with Gasteiger partial charge in [0.05, 0.1) is 12.1 Å². The maximum Gasteiger partial charge on any atom is 0.116 e. The van der Waals surface area contributed by atoms with E-state index < -0.39 is 6.10 Å². The van der Waals surface area contributed by atoms with Gasteiger partial charge in [0.2, 0.25) is 0 Å². The van der Waals surface area contributed by atoms with E-state index in [0.29, 0.717) is 0 Å². The number of benzene rings is 2. The monoisotopic (exact) mass is 259 g/mol. The average molecular weight is 259 g/mol. The van der Waals surface area contributed by atoms with E-state index in [1.807, 2.05) is 38.1 Å². The van der Waals surface area contributed by atoms with E-state index in [1.165, 1.54) is 0 Å². The quantitative estimate of drug-likeness (QED) is 0.791. The zero-order valence-electron chi connectivity index (χ0n) is 11.4. The first-order valence-electron chi connectivity index (χ1n) is 6.69. The van der Waals surface area contributed by atoms with Crippen molar-refractivity contribution < 1.29 is 10.2 Å². The molecule has 0 aliphatic heterocycles. The molecule has 0 bridgehead atoms. The molecule has 0 aromatic heterocycles. The minimum Gasteiger partial charge on any atom is -0.508 e. The molecule has 102 valence electrons. The zero-order chi connectivity index (χ0) is 14.0. The Morgan fingerprint density at radius 2 is 1.74 bits per heavy atom. The minimum absolute atomic E-state index is 0.172. The van der Waals surface area contributed by atoms with Gasteiger partial charge in [0.25, 0.3) is 0 Å². The zero-order valence-corrected chi connectivity index (χ0v) is 11.4. The first-order chi connectivity index (χ1) is 9.02. The van der Waals surface area contributed by atoms with Gasteiger partial charge in [0.15, 0.2) is 0 Å². The number of phenolic OH excluding ortho intramolecular Hbond substituents is 1. The third-order valence-electron chi connectivity index (χ3n) is 3.83. The van der Waals surface area contributed by atoms with E-state index in [9.17, 15) is 10.2 Å². The van der Waals surface area contributed by atoms with E-state index >= 15 is 0 Å². The molecular weight excluding hydrogens is 238 g/mol. The fourth-order valence-corrected chi connectivity index (χ4v) is 2.25. The van der Waals surface area contributed by atoms with Crippen molar-refractivity contribution in [3.63, 3.8) is 0 Å². The van der Waals surface area contributed by atoms with Gasteiger partial charge in [-0.15, -0.1) is 0 Å². The number of hydrogen-bond acceptors (Lipinski definition) is 3. The molecule has 1 unspecified atom stereocenters. The lowest BCUT2D eigenvalue weighted by Crippen LogP contribution is -2.31. The van der Waals surface area contributed by atoms with Crippen LogP contribution in [0.3, 0.4) is 0 Å². The summed E-state index contributed by atoms with van der Waals surface area (Å²) in [5.41, 5.74) is 7.06. The van der Waals surface area contributed by atoms with Gasteiger partial charge < -0.3 is 15.9 Å². The maximum atomic E-state index is 10.2. The summed E-state index contributed by atoms with van der Waals surface area (Å²) in [7, 11) is 0. The van der Waals surface area contributed by atoms with Crippen LogP contribution in [0.1, 0.15) is 31.9 Å². The van der Waals surface area contributed by atoms with Crippen LogP contribution in [-0.4, -0.2) is 16.3 Å². The van der Waals surface area contributed by atoms with Crippen LogP contribution >= 0.6 is 0 Å². The van der Waals surface area contributed by atoms with Gasteiger partial charge in [-0.25, -0.2) is 0 Å². The lowest BCUT2D eigenvalue weighted by molar-refractivity contribution is 0.0880. The second-order valence-corrected chi connectivity index (χ2v) is 5.19. The summed E-state index contributed by atoms with van der Waals surface area (Å²) in [4.78, 5) is 0. The lowest BCUT2D eigenvalue weighted by Gasteiger charge is -2.24. The highest BCUT2D eigenvalue weighted by Crippen LogP contribution is 2.26. The Kier molecular flexibility index (Phi) is 4.08. The summed E-state index contributed by atoms with van der Waals surface area (Å²) in [5.74, 6) is 0.426. The Bertz CT molecular complexity index is 568. The fraction of sp³-hybridized carbons (Fsp3) is 0.375. The van der Waals surface area contributed by atoms with Crippen molar-refractivity contribution in [2.75, 3.05) is 0 Å². The third kappa shape index (κ3) is 2.88. The highest BCUT2D eigenvalue weighted by Gasteiger charge is 2.21. The predicted molar refractivity (Wildman–Crippen MR) is 78.0 cm³/mol. The van der Waals surface area contributed by atoms with Crippen LogP contribution in [0.25, 0.3) is 10.8 Å². The third-order valence-corrected chi connectivity index (χ3v) is 3.83. The summed E-state index contributed by atoms with van der Waals surface area (Å²) in [6, 6.07) is 10.7. The van der Waals surface area contributed by atoms with Crippen molar-refractivity contribution >= 4 is 10.8 Å². The van der Waals surface area contributed by atoms with Gasteiger partial charge in [0.1, 0.15) is 5.75 Å². The smallest absolute Gasteiger partial charge is 0.116 e. The number of nitrogens with two attached hydrogens (primary N) is 1. The number of rotatable bonds is 4. The van der Waals surface area contributed by atoms with Crippen LogP contribution in [0, 0.1) is 5.92 Å². The molecule has 0 amide bonds. The molecular formula is C16H21NO2. The minimum atomic E-state index is -0.542. The predicted octanol–water partition coefficient (Wildman–Crippen LogP) is 2.95. The molecule has 0 heterocycles. The molecule has 0 aliphatic carbocycles. The van der Waals surface area contributed by atoms with Crippen LogP contribution in [-0.2, 0) is 0 Å². The molecule has 19 heavy (non-hydrogen) atoms. The number of aromatic hydroxyl groups is 1. The van der Waals surface area contributed by atoms with E-state index in [4.69, 9.17) is 5.73 Å². The van der Waals surface area contributed by atoms with Gasteiger partial charge in [-0.1, -0.05) is 38.5 Å². The summed E-state index contributed by atoms with van der Waals surface area (Å²) < 4.78 is 0. The molecule has 2 aromatic carbocycles. The Balaban J connectivity index is 2.32.